The van der Waals surface area contributed by atoms with Crippen molar-refractivity contribution in [2.24, 2.45) is 5.73 Å². The first-order valence-electron chi connectivity index (χ1n) is 34.5. The number of aliphatic hydroxyl groups excluding tert-OH is 1. The van der Waals surface area contributed by atoms with Gasteiger partial charge in [-0.3, -0.25) is 71.9 Å². The number of hydrogen-bond donors (Lipinski definition) is 22. The van der Waals surface area contributed by atoms with E-state index in [1.165, 1.54) is 56.8 Å². The number of aliphatic carboxylic acids is 2. The SMILES string of the molecule is CC(=O)N[C@@H](CS)C(=O)N[C@@H](C)C(=O)N[C@@H](CC(=O)O)C(=O)N[C@@H](Cc1c[nH]c2ccccc12)C(=O)N[C@@H](CCC(=O)O)C(=O)N[C@@H](CS)C(=O)N[C@@H](Cc1ccc(O)cc1)C(=O)N[C@@H](Cc1c[nH]c2ccccc12)C(=O)N[C@@H](Cc1cnc[nH]1)C(=O)N[C@H](C(=O)N[C@@H](Cc1ccccc1)C(=O)NCC(N)=O)[C@@H](C)O. The molecule has 38 heteroatoms. The minimum atomic E-state index is -1.94. The number of nitrogens with two attached hydrogens (primary N) is 1. The van der Waals surface area contributed by atoms with Crippen molar-refractivity contribution in [2.45, 2.75) is 145 Å². The fourth-order valence-electron chi connectivity index (χ4n) is 11.5. The Morgan fingerprint density at radius 1 is 0.455 bits per heavy atom. The molecule has 0 saturated carbocycles. The molecule has 586 valence electrons. The van der Waals surface area contributed by atoms with Crippen LogP contribution in [0.1, 0.15) is 68.0 Å². The van der Waals surface area contributed by atoms with E-state index in [0.29, 0.717) is 44.1 Å². The molecule has 4 aromatic carbocycles. The Kier molecular flexibility index (Phi) is 31.8. The number of nitrogens with zero attached hydrogens (tertiary/aromatic N) is 1. The number of aromatic amines is 3. The number of primary amides is 1. The highest BCUT2D eigenvalue weighted by molar-refractivity contribution is 7.80. The van der Waals surface area contributed by atoms with E-state index in [2.05, 4.69) is 109 Å². The molecule has 3 heterocycles. The number of aliphatic hydroxyl groups is 1. The van der Waals surface area contributed by atoms with E-state index >= 15 is 9.59 Å². The number of fused-ring (bicyclic) bond motifs is 2. The zero-order valence-corrected chi connectivity index (χ0v) is 61.5. The number of H-pyrrole nitrogens is 3. The first-order valence-corrected chi connectivity index (χ1v) is 35.8. The van der Waals surface area contributed by atoms with Crippen LogP contribution >= 0.6 is 25.3 Å². The van der Waals surface area contributed by atoms with Gasteiger partial charge in [0.15, 0.2) is 0 Å². The molecule has 7 rings (SSSR count). The normalized spacial score (nSPS) is 14.4. The fraction of sp³-hybridized carbons (Fsp3) is 0.361. The zero-order chi connectivity index (χ0) is 80.3. The lowest BCUT2D eigenvalue weighted by molar-refractivity contribution is -0.142. The van der Waals surface area contributed by atoms with Gasteiger partial charge in [0, 0.05) is 103 Å². The molecule has 0 saturated heterocycles. The zero-order valence-electron chi connectivity index (χ0n) is 59.7. The Balaban J connectivity index is 1.15. The van der Waals surface area contributed by atoms with Crippen LogP contribution in [0.15, 0.2) is 128 Å². The van der Waals surface area contributed by atoms with Crippen LogP contribution in [0.3, 0.4) is 0 Å². The molecule has 3 aromatic heterocycles. The van der Waals surface area contributed by atoms with Crippen LogP contribution in [-0.4, -0.2) is 220 Å². The number of carbonyl (C=O) groups is 15. The van der Waals surface area contributed by atoms with Gasteiger partial charge in [-0.25, -0.2) is 4.98 Å². The van der Waals surface area contributed by atoms with E-state index < -0.39 is 199 Å². The van der Waals surface area contributed by atoms with Gasteiger partial charge < -0.3 is 105 Å². The van der Waals surface area contributed by atoms with Crippen LogP contribution in [-0.2, 0) is 104 Å². The number of aromatic hydroxyl groups is 1. The number of carboxylic acids is 2. The average molecular weight is 1560 g/mol. The van der Waals surface area contributed by atoms with Crippen molar-refractivity contribution in [3.05, 3.63) is 156 Å². The average Bonchev–Trinajstić information content (AvgIpc) is 1.66. The van der Waals surface area contributed by atoms with Crippen molar-refractivity contribution < 1.29 is 92.3 Å². The minimum Gasteiger partial charge on any atom is -0.508 e. The van der Waals surface area contributed by atoms with Gasteiger partial charge in [-0.2, -0.15) is 25.3 Å². The van der Waals surface area contributed by atoms with Gasteiger partial charge in [0.25, 0.3) is 0 Å². The number of benzene rings is 4. The van der Waals surface area contributed by atoms with Crippen molar-refractivity contribution >= 4 is 136 Å². The van der Waals surface area contributed by atoms with Gasteiger partial charge in [-0.05, 0) is 66.8 Å². The third-order valence-electron chi connectivity index (χ3n) is 17.2. The molecular weight excluding hydrogens is 1470 g/mol. The topological polar surface area (TPSA) is 568 Å². The van der Waals surface area contributed by atoms with E-state index in [-0.39, 0.29) is 42.9 Å². The molecular formula is C72H87N17O19S2. The Bertz CT molecular complexity index is 4450. The first kappa shape index (κ1) is 84.9. The molecule has 36 nitrogen and oxygen atoms in total. The maximum absolute atomic E-state index is 15.2. The minimum absolute atomic E-state index is 0.116. The second kappa shape index (κ2) is 41.1. The second-order valence-corrected chi connectivity index (χ2v) is 26.5. The van der Waals surface area contributed by atoms with Crippen molar-refractivity contribution in [2.75, 3.05) is 18.1 Å². The number of carbonyl (C=O) groups excluding carboxylic acids is 13. The van der Waals surface area contributed by atoms with Crippen LogP contribution in [0.5, 0.6) is 5.75 Å². The quantitative estimate of drug-likeness (QED) is 0.0171. The summed E-state index contributed by atoms with van der Waals surface area (Å²) in [6.07, 6.45) is -0.0382. The van der Waals surface area contributed by atoms with Gasteiger partial charge in [-0.1, -0.05) is 78.9 Å². The third-order valence-corrected chi connectivity index (χ3v) is 18.0. The number of phenols is 1. The van der Waals surface area contributed by atoms with Crippen molar-refractivity contribution in [1.29, 1.82) is 0 Å². The predicted octanol–water partition coefficient (Wildman–Crippen LogP) is -2.85. The summed E-state index contributed by atoms with van der Waals surface area (Å²) in [6.45, 7) is 2.94. The molecule has 0 aliphatic rings. The molecule has 0 radical (unpaired) electrons. The Morgan fingerprint density at radius 3 is 1.38 bits per heavy atom. The molecule has 0 aliphatic heterocycles. The molecule has 0 bridgehead atoms. The van der Waals surface area contributed by atoms with E-state index in [4.69, 9.17) is 5.73 Å². The predicted molar refractivity (Wildman–Crippen MR) is 402 cm³/mol. The van der Waals surface area contributed by atoms with E-state index in [1.807, 2.05) is 0 Å². The summed E-state index contributed by atoms with van der Waals surface area (Å²) >= 11 is 8.40. The summed E-state index contributed by atoms with van der Waals surface area (Å²) in [5.74, 6) is -17.1. The summed E-state index contributed by atoms with van der Waals surface area (Å²) in [4.78, 5) is 218. The smallest absolute Gasteiger partial charge is 0.305 e. The van der Waals surface area contributed by atoms with Crippen molar-refractivity contribution in [3.8, 4) is 5.75 Å². The number of hydrogen-bond acceptors (Lipinski definition) is 20. The maximum atomic E-state index is 15.2. The number of phenolic OH excluding ortho intramolecular Hbond substituents is 1. The molecule has 0 unspecified atom stereocenters. The number of amides is 13. The monoisotopic (exact) mass is 1560 g/mol. The molecule has 0 fully saturated rings. The number of nitrogens with one attached hydrogen (secondary N) is 15. The highest BCUT2D eigenvalue weighted by atomic mass is 32.1. The second-order valence-electron chi connectivity index (χ2n) is 25.7. The van der Waals surface area contributed by atoms with Crippen LogP contribution < -0.4 is 69.5 Å². The highest BCUT2D eigenvalue weighted by Gasteiger charge is 2.38. The fourth-order valence-corrected chi connectivity index (χ4v) is 12.0. The van der Waals surface area contributed by atoms with E-state index in [9.17, 15) is 82.8 Å². The molecule has 0 spiro atoms. The van der Waals surface area contributed by atoms with Crippen molar-refractivity contribution in [1.82, 2.24) is 83.7 Å². The number of imidazole rings is 1. The van der Waals surface area contributed by atoms with Gasteiger partial charge in [-0.15, -0.1) is 0 Å². The summed E-state index contributed by atoms with van der Waals surface area (Å²) in [5.41, 5.74) is 8.50. The van der Waals surface area contributed by atoms with Gasteiger partial charge in [0.05, 0.1) is 25.4 Å². The standard InChI is InChI=1S/C72H87N17O19S2/c1-36(79-70(106)56(33-109)80-38(3)91)62(98)82-55(28-60(96)97)68(104)85-52(25-41-29-75-47-15-9-7-13-45(41)47)66(102)81-49(21-22-59(94)95)64(100)88-57(34-110)71(107)83-51(24-40-17-19-44(92)20-18-40)65(101)84-53(26-42-30-76-48-16-10-8-14-46(42)48)67(103)86-54(27-43-31-74-35-78-43)69(105)89-61(37(2)90)72(108)87-50(63(99)77-32-58(73)93)23-39-11-5-4-6-12-39/h4-20,29-31,35-37,49-57,61,75-76,90,92,109-110H,21-28,32-34H2,1-3H3,(H2,73,93)(H,74,78)(H,77,99)(H,79,106)(H,80,91)(H,81,102)(H,82,98)(H,83,107)(H,84,101)(H,85,104)(H,86,103)(H,87,108)(H,88,100)(H,89,105)(H,94,95)(H,96,97)/t36-,37+,49-,50-,51-,52-,53-,54-,55-,56-,57-,61-/m0/s1. The Morgan fingerprint density at radius 2 is 0.882 bits per heavy atom. The van der Waals surface area contributed by atoms with Gasteiger partial charge in [0.1, 0.15) is 72.2 Å². The van der Waals surface area contributed by atoms with Crippen LogP contribution in [0.4, 0.5) is 0 Å². The highest BCUT2D eigenvalue weighted by Crippen LogP contribution is 2.22. The van der Waals surface area contributed by atoms with Crippen molar-refractivity contribution in [3.63, 3.8) is 0 Å². The summed E-state index contributed by atoms with van der Waals surface area (Å²) < 4.78 is 0. The van der Waals surface area contributed by atoms with Gasteiger partial charge in [0.2, 0.25) is 76.8 Å². The maximum Gasteiger partial charge on any atom is 0.305 e. The molecule has 13 amide bonds. The summed E-state index contributed by atoms with van der Waals surface area (Å²) in [6, 6.07) is 9.44. The third kappa shape index (κ3) is 25.7. The Hall–Kier alpha value is -12.3. The molecule has 0 aliphatic carbocycles. The molecule has 12 atom stereocenters. The van der Waals surface area contributed by atoms with Crippen LogP contribution in [0, 0.1) is 0 Å². The molecule has 7 aromatic rings. The first-order chi connectivity index (χ1) is 52.4. The molecule has 110 heavy (non-hydrogen) atoms. The number of carboxylic acid groups (broad SMARTS) is 2. The molecule has 21 N–H and O–H groups in total. The van der Waals surface area contributed by atoms with E-state index in [1.54, 1.807) is 85.1 Å². The number of rotatable bonds is 42. The van der Waals surface area contributed by atoms with Gasteiger partial charge >= 0.3 is 11.9 Å². The lowest BCUT2D eigenvalue weighted by atomic mass is 10.0. The van der Waals surface area contributed by atoms with Crippen LogP contribution in [0.2, 0.25) is 0 Å². The summed E-state index contributed by atoms with van der Waals surface area (Å²) in [5, 5.41) is 71.8. The number of thiol groups is 2. The van der Waals surface area contributed by atoms with E-state index in [0.717, 1.165) is 6.92 Å². The lowest BCUT2D eigenvalue weighted by Gasteiger charge is -2.28. The Labute approximate surface area is 639 Å². The lowest BCUT2D eigenvalue weighted by Crippen LogP contribution is -2.62. The van der Waals surface area contributed by atoms with Crippen LogP contribution in [0.25, 0.3) is 21.8 Å². The summed E-state index contributed by atoms with van der Waals surface area (Å²) in [7, 11) is 0. The number of para-hydroxylation sites is 2. The number of aromatic nitrogens is 4. The largest absolute Gasteiger partial charge is 0.508 e.